The molecule has 27 heavy (non-hydrogen) atoms. The highest BCUT2D eigenvalue weighted by Gasteiger charge is 2.30. The molecule has 0 aliphatic carbocycles. The molecule has 1 atom stereocenters. The zero-order valence-electron chi connectivity index (χ0n) is 15.4. The number of urea groups is 1. The van der Waals surface area contributed by atoms with Gasteiger partial charge in [0.2, 0.25) is 0 Å². The monoisotopic (exact) mass is 368 g/mol. The van der Waals surface area contributed by atoms with Crippen LogP contribution in [0.3, 0.4) is 0 Å². The Morgan fingerprint density at radius 3 is 2.70 bits per heavy atom. The smallest absolute Gasteiger partial charge is 0.322 e. The van der Waals surface area contributed by atoms with E-state index in [2.05, 4.69) is 5.32 Å². The van der Waals surface area contributed by atoms with Gasteiger partial charge >= 0.3 is 6.03 Å². The molecule has 0 radical (unpaired) electrons. The Bertz CT molecular complexity index is 806. The van der Waals surface area contributed by atoms with E-state index in [-0.39, 0.29) is 12.1 Å². The van der Waals surface area contributed by atoms with Crippen LogP contribution in [-0.2, 0) is 0 Å². The Morgan fingerprint density at radius 2 is 1.93 bits per heavy atom. The zero-order chi connectivity index (χ0) is 18.6. The lowest BCUT2D eigenvalue weighted by atomic mass is 10.0. The molecule has 1 fully saturated rings. The summed E-state index contributed by atoms with van der Waals surface area (Å²) in [5, 5.41) is 2.99. The van der Waals surface area contributed by atoms with Crippen LogP contribution in [0.1, 0.15) is 31.4 Å². The number of likely N-dealkylation sites (tertiary alicyclic amines) is 1. The second-order valence-corrected chi connectivity index (χ2v) is 6.64. The van der Waals surface area contributed by atoms with Gasteiger partial charge in [-0.2, -0.15) is 0 Å². The Morgan fingerprint density at radius 1 is 1.15 bits per heavy atom. The summed E-state index contributed by atoms with van der Waals surface area (Å²) in [4.78, 5) is 14.7. The normalized spacial score (nSPS) is 18.3. The van der Waals surface area contributed by atoms with E-state index in [1.165, 1.54) is 0 Å². The molecule has 2 aromatic carbocycles. The number of ether oxygens (including phenoxy) is 3. The molecule has 2 aliphatic heterocycles. The average Bonchev–Trinajstić information content (AvgIpc) is 3.19. The van der Waals surface area contributed by atoms with Crippen LogP contribution in [0.2, 0.25) is 0 Å². The minimum Gasteiger partial charge on any atom is -0.494 e. The van der Waals surface area contributed by atoms with Gasteiger partial charge in [-0.05, 0) is 49.6 Å². The highest BCUT2D eigenvalue weighted by molar-refractivity contribution is 5.90. The molecule has 2 aromatic rings. The van der Waals surface area contributed by atoms with Crippen molar-refractivity contribution in [2.24, 2.45) is 0 Å². The largest absolute Gasteiger partial charge is 0.494 e. The molecule has 1 N–H and O–H groups in total. The van der Waals surface area contributed by atoms with Crippen LogP contribution in [0, 0.1) is 0 Å². The third kappa shape index (κ3) is 3.79. The molecule has 2 heterocycles. The second-order valence-electron chi connectivity index (χ2n) is 6.64. The fraction of sp³-hybridized carbons (Fsp3) is 0.381. The molecule has 1 saturated heterocycles. The molecule has 2 aliphatic rings. The number of carbonyl (C=O) groups is 1. The summed E-state index contributed by atoms with van der Waals surface area (Å²) in [5.41, 5.74) is 1.84. The molecular weight excluding hydrogens is 344 g/mol. The molecule has 6 heteroatoms. The number of carbonyl (C=O) groups excluding carboxylic acids is 1. The lowest BCUT2D eigenvalue weighted by Gasteiger charge is -2.26. The van der Waals surface area contributed by atoms with E-state index in [1.807, 2.05) is 54.3 Å². The van der Waals surface area contributed by atoms with Crippen LogP contribution in [-0.4, -0.2) is 37.3 Å². The Kier molecular flexibility index (Phi) is 5.05. The van der Waals surface area contributed by atoms with Crippen molar-refractivity contribution in [2.75, 3.05) is 31.7 Å². The maximum absolute atomic E-state index is 12.9. The van der Waals surface area contributed by atoms with Gasteiger partial charge in [0.25, 0.3) is 0 Å². The summed E-state index contributed by atoms with van der Waals surface area (Å²) < 4.78 is 16.6. The summed E-state index contributed by atoms with van der Waals surface area (Å²) in [7, 11) is 0. The molecule has 1 unspecified atom stereocenters. The SMILES string of the molecule is CCOc1ccc(C2CCCN2C(=O)Nc2ccc3c(c2)OCCO3)cc1. The fourth-order valence-corrected chi connectivity index (χ4v) is 3.63. The van der Waals surface area contributed by atoms with Crippen molar-refractivity contribution in [3.8, 4) is 17.2 Å². The summed E-state index contributed by atoms with van der Waals surface area (Å²) in [6, 6.07) is 13.5. The van der Waals surface area contributed by atoms with Crippen molar-refractivity contribution in [2.45, 2.75) is 25.8 Å². The van der Waals surface area contributed by atoms with Crippen LogP contribution >= 0.6 is 0 Å². The minimum absolute atomic E-state index is 0.0814. The van der Waals surface area contributed by atoms with E-state index in [1.54, 1.807) is 0 Å². The summed E-state index contributed by atoms with van der Waals surface area (Å²) in [6.07, 6.45) is 1.95. The highest BCUT2D eigenvalue weighted by Crippen LogP contribution is 2.35. The van der Waals surface area contributed by atoms with Crippen LogP contribution < -0.4 is 19.5 Å². The highest BCUT2D eigenvalue weighted by atomic mass is 16.6. The van der Waals surface area contributed by atoms with Gasteiger partial charge in [-0.1, -0.05) is 12.1 Å². The number of fused-ring (bicyclic) bond motifs is 1. The van der Waals surface area contributed by atoms with Gasteiger partial charge in [0.05, 0.1) is 12.6 Å². The van der Waals surface area contributed by atoms with Crippen LogP contribution in [0.25, 0.3) is 0 Å². The topological polar surface area (TPSA) is 60.0 Å². The molecule has 4 rings (SSSR count). The van der Waals surface area contributed by atoms with E-state index < -0.39 is 0 Å². The molecule has 0 saturated carbocycles. The summed E-state index contributed by atoms with van der Waals surface area (Å²) in [6.45, 7) is 4.43. The van der Waals surface area contributed by atoms with E-state index in [4.69, 9.17) is 14.2 Å². The van der Waals surface area contributed by atoms with Crippen LogP contribution in [0.5, 0.6) is 17.2 Å². The first-order chi connectivity index (χ1) is 13.2. The number of rotatable bonds is 4. The molecule has 142 valence electrons. The lowest BCUT2D eigenvalue weighted by molar-refractivity contribution is 0.171. The van der Waals surface area contributed by atoms with Crippen molar-refractivity contribution in [3.63, 3.8) is 0 Å². The fourth-order valence-electron chi connectivity index (χ4n) is 3.63. The summed E-state index contributed by atoms with van der Waals surface area (Å²) in [5.74, 6) is 2.24. The molecule has 2 amide bonds. The van der Waals surface area contributed by atoms with Crippen molar-refractivity contribution in [3.05, 3.63) is 48.0 Å². The van der Waals surface area contributed by atoms with Gasteiger partial charge in [-0.25, -0.2) is 4.79 Å². The number of benzene rings is 2. The molecule has 0 bridgehead atoms. The maximum atomic E-state index is 12.9. The molecular formula is C21H24N2O4. The second kappa shape index (κ2) is 7.78. The number of hydrogen-bond acceptors (Lipinski definition) is 4. The van der Waals surface area contributed by atoms with E-state index in [0.29, 0.717) is 37.0 Å². The minimum atomic E-state index is -0.0944. The van der Waals surface area contributed by atoms with Gasteiger partial charge in [-0.15, -0.1) is 0 Å². The predicted octanol–water partition coefficient (Wildman–Crippen LogP) is 4.23. The van der Waals surface area contributed by atoms with Gasteiger partial charge in [0, 0.05) is 18.3 Å². The van der Waals surface area contributed by atoms with Crippen LogP contribution in [0.15, 0.2) is 42.5 Å². The zero-order valence-corrected chi connectivity index (χ0v) is 15.4. The van der Waals surface area contributed by atoms with Gasteiger partial charge in [-0.3, -0.25) is 0 Å². The van der Waals surface area contributed by atoms with Gasteiger partial charge < -0.3 is 24.4 Å². The van der Waals surface area contributed by atoms with Gasteiger partial charge in [0.15, 0.2) is 11.5 Å². The average molecular weight is 368 g/mol. The first-order valence-electron chi connectivity index (χ1n) is 9.44. The standard InChI is InChI=1S/C21H24N2O4/c1-2-25-17-8-5-15(6-9-17)18-4-3-11-23(18)21(24)22-16-7-10-19-20(14-16)27-13-12-26-19/h5-10,14,18H,2-4,11-13H2,1H3,(H,22,24). The van der Waals surface area contributed by atoms with Crippen LogP contribution in [0.4, 0.5) is 10.5 Å². The van der Waals surface area contributed by atoms with Crippen molar-refractivity contribution in [1.29, 1.82) is 0 Å². The van der Waals surface area contributed by atoms with Crippen molar-refractivity contribution < 1.29 is 19.0 Å². The third-order valence-electron chi connectivity index (χ3n) is 4.88. The molecule has 0 aromatic heterocycles. The number of nitrogens with zero attached hydrogens (tertiary/aromatic N) is 1. The number of amides is 2. The number of anilines is 1. The third-order valence-corrected chi connectivity index (χ3v) is 4.88. The molecule has 6 nitrogen and oxygen atoms in total. The lowest BCUT2D eigenvalue weighted by Crippen LogP contribution is -2.34. The van der Waals surface area contributed by atoms with Crippen molar-refractivity contribution >= 4 is 11.7 Å². The van der Waals surface area contributed by atoms with E-state index in [9.17, 15) is 4.79 Å². The Balaban J connectivity index is 1.46. The first kappa shape index (κ1) is 17.5. The van der Waals surface area contributed by atoms with E-state index >= 15 is 0 Å². The predicted molar refractivity (Wildman–Crippen MR) is 103 cm³/mol. The van der Waals surface area contributed by atoms with Gasteiger partial charge in [0.1, 0.15) is 19.0 Å². The molecule has 0 spiro atoms. The number of nitrogens with one attached hydrogen (secondary N) is 1. The Hall–Kier alpha value is -2.89. The first-order valence-corrected chi connectivity index (χ1v) is 9.44. The number of hydrogen-bond donors (Lipinski definition) is 1. The summed E-state index contributed by atoms with van der Waals surface area (Å²) >= 11 is 0. The quantitative estimate of drug-likeness (QED) is 0.878. The maximum Gasteiger partial charge on any atom is 0.322 e. The van der Waals surface area contributed by atoms with Crippen molar-refractivity contribution in [1.82, 2.24) is 4.90 Å². The van der Waals surface area contributed by atoms with E-state index in [0.717, 1.165) is 30.7 Å². The Labute approximate surface area is 159 Å².